The lowest BCUT2D eigenvalue weighted by Crippen LogP contribution is -2.64. The number of hydrogen-bond donors (Lipinski definition) is 0. The van der Waals surface area contributed by atoms with E-state index >= 15 is 0 Å². The SMILES string of the molecule is CCCCCCCN1C(=O)C2C(N=C3N(c4ccc(C)cc4)CCN32)N(C)C1=O. The lowest BCUT2D eigenvalue weighted by Gasteiger charge is -2.40. The lowest BCUT2D eigenvalue weighted by atomic mass is 10.1. The Morgan fingerprint density at radius 1 is 1.03 bits per heavy atom. The topological polar surface area (TPSA) is 59.5 Å². The Morgan fingerprint density at radius 3 is 2.48 bits per heavy atom. The molecule has 0 aliphatic carbocycles. The molecule has 156 valence electrons. The van der Waals surface area contributed by atoms with Gasteiger partial charge in [0.05, 0.1) is 0 Å². The summed E-state index contributed by atoms with van der Waals surface area (Å²) in [7, 11) is 1.76. The Labute approximate surface area is 173 Å². The number of imide groups is 1. The van der Waals surface area contributed by atoms with Gasteiger partial charge in [0.25, 0.3) is 5.91 Å². The van der Waals surface area contributed by atoms with Crippen LogP contribution in [-0.2, 0) is 4.79 Å². The van der Waals surface area contributed by atoms with Crippen molar-refractivity contribution in [2.24, 2.45) is 4.99 Å². The average Bonchev–Trinajstić information content (AvgIpc) is 3.28. The number of guanidine groups is 1. The number of amides is 3. The Kier molecular flexibility index (Phi) is 5.48. The molecule has 0 radical (unpaired) electrons. The van der Waals surface area contributed by atoms with Crippen LogP contribution in [0.25, 0.3) is 0 Å². The summed E-state index contributed by atoms with van der Waals surface area (Å²) >= 11 is 0. The van der Waals surface area contributed by atoms with Crippen molar-refractivity contribution in [2.75, 3.05) is 31.6 Å². The van der Waals surface area contributed by atoms with Crippen molar-refractivity contribution >= 4 is 23.6 Å². The fraction of sp³-hybridized carbons (Fsp3) is 0.591. The Morgan fingerprint density at radius 2 is 1.76 bits per heavy atom. The number of urea groups is 1. The molecule has 1 aromatic rings. The summed E-state index contributed by atoms with van der Waals surface area (Å²) in [5.74, 6) is 0.708. The van der Waals surface area contributed by atoms with Gasteiger partial charge in [-0.1, -0.05) is 50.3 Å². The summed E-state index contributed by atoms with van der Waals surface area (Å²) in [6.45, 7) is 6.29. The first kappa shape index (κ1) is 19.7. The third-order valence-electron chi connectivity index (χ3n) is 6.21. The highest BCUT2D eigenvalue weighted by atomic mass is 16.2. The highest BCUT2D eigenvalue weighted by molar-refractivity contribution is 6.07. The van der Waals surface area contributed by atoms with Gasteiger partial charge in [0.15, 0.2) is 12.2 Å². The van der Waals surface area contributed by atoms with Gasteiger partial charge in [0.2, 0.25) is 5.96 Å². The van der Waals surface area contributed by atoms with Crippen LogP contribution in [-0.4, -0.2) is 71.5 Å². The summed E-state index contributed by atoms with van der Waals surface area (Å²) < 4.78 is 0. The predicted octanol–water partition coefficient (Wildman–Crippen LogP) is 3.05. The van der Waals surface area contributed by atoms with E-state index in [4.69, 9.17) is 4.99 Å². The summed E-state index contributed by atoms with van der Waals surface area (Å²) in [6, 6.07) is 7.71. The average molecular weight is 398 g/mol. The number of carbonyl (C=O) groups is 2. The smallest absolute Gasteiger partial charge is 0.325 e. The predicted molar refractivity (Wildman–Crippen MR) is 114 cm³/mol. The standard InChI is InChI=1S/C22H31N5O2/c1-4-5-6-7-8-13-27-20(28)18-19(24(3)22(27)29)23-21-25(14-15-26(18)21)17-11-9-16(2)10-12-17/h9-12,18-19H,4-8,13-15H2,1-3H3. The van der Waals surface area contributed by atoms with Crippen LogP contribution in [0.1, 0.15) is 44.6 Å². The van der Waals surface area contributed by atoms with Crippen molar-refractivity contribution in [3.8, 4) is 0 Å². The second-order valence-electron chi connectivity index (χ2n) is 8.27. The fourth-order valence-electron chi connectivity index (χ4n) is 4.49. The molecule has 0 saturated carbocycles. The quantitative estimate of drug-likeness (QED) is 0.664. The minimum atomic E-state index is -0.436. The van der Waals surface area contributed by atoms with Gasteiger partial charge in [0, 0.05) is 32.4 Å². The molecule has 0 aromatic heterocycles. The monoisotopic (exact) mass is 397 g/mol. The number of anilines is 1. The Hall–Kier alpha value is -2.57. The summed E-state index contributed by atoms with van der Waals surface area (Å²) in [5, 5.41) is 0. The van der Waals surface area contributed by atoms with Gasteiger partial charge in [-0.25, -0.2) is 9.79 Å². The van der Waals surface area contributed by atoms with Crippen molar-refractivity contribution in [3.63, 3.8) is 0 Å². The number of fused-ring (bicyclic) bond motifs is 3. The first-order valence-corrected chi connectivity index (χ1v) is 10.8. The minimum Gasteiger partial charge on any atom is -0.325 e. The highest BCUT2D eigenvalue weighted by Crippen LogP contribution is 2.33. The van der Waals surface area contributed by atoms with Gasteiger partial charge < -0.3 is 14.7 Å². The Balaban J connectivity index is 1.50. The number of unbranched alkanes of at least 4 members (excludes halogenated alkanes) is 4. The van der Waals surface area contributed by atoms with Gasteiger partial charge in [-0.05, 0) is 25.5 Å². The van der Waals surface area contributed by atoms with Crippen molar-refractivity contribution in [1.82, 2.24) is 14.7 Å². The van der Waals surface area contributed by atoms with E-state index in [-0.39, 0.29) is 11.9 Å². The largest absolute Gasteiger partial charge is 0.328 e. The third-order valence-corrected chi connectivity index (χ3v) is 6.21. The maximum Gasteiger partial charge on any atom is 0.328 e. The molecule has 0 bridgehead atoms. The minimum absolute atomic E-state index is 0.0990. The van der Waals surface area contributed by atoms with Gasteiger partial charge in [-0.2, -0.15) is 0 Å². The summed E-state index contributed by atoms with van der Waals surface area (Å²) in [4.78, 5) is 38.2. The zero-order valence-corrected chi connectivity index (χ0v) is 17.7. The van der Waals surface area contributed by atoms with Gasteiger partial charge in [0.1, 0.15) is 0 Å². The molecule has 3 amide bonds. The van der Waals surface area contributed by atoms with Crippen LogP contribution < -0.4 is 4.90 Å². The maximum absolute atomic E-state index is 13.3. The number of likely N-dealkylation sites (N-methyl/N-ethyl adjacent to an activating group) is 1. The van der Waals surface area contributed by atoms with Crippen LogP contribution in [0.2, 0.25) is 0 Å². The van der Waals surface area contributed by atoms with E-state index < -0.39 is 12.2 Å². The molecule has 29 heavy (non-hydrogen) atoms. The van der Waals surface area contributed by atoms with Crippen LogP contribution in [0.15, 0.2) is 29.3 Å². The van der Waals surface area contributed by atoms with Crippen LogP contribution in [0, 0.1) is 6.92 Å². The first-order chi connectivity index (χ1) is 14.0. The van der Waals surface area contributed by atoms with E-state index in [9.17, 15) is 9.59 Å². The third kappa shape index (κ3) is 3.47. The maximum atomic E-state index is 13.3. The molecule has 4 rings (SSSR count). The fourth-order valence-corrected chi connectivity index (χ4v) is 4.49. The molecule has 7 nitrogen and oxygen atoms in total. The molecule has 3 heterocycles. The van der Waals surface area contributed by atoms with Crippen LogP contribution in [0.5, 0.6) is 0 Å². The molecule has 3 aliphatic rings. The number of aliphatic imine (C=N–C) groups is 1. The van der Waals surface area contributed by atoms with E-state index in [0.717, 1.165) is 44.0 Å². The molecule has 2 unspecified atom stereocenters. The molecule has 3 aliphatic heterocycles. The molecular formula is C22H31N5O2. The normalized spacial score (nSPS) is 23.6. The number of benzene rings is 1. The van der Waals surface area contributed by atoms with Gasteiger partial charge in [-0.15, -0.1) is 0 Å². The van der Waals surface area contributed by atoms with Crippen molar-refractivity contribution in [3.05, 3.63) is 29.8 Å². The zero-order chi connectivity index (χ0) is 20.5. The zero-order valence-electron chi connectivity index (χ0n) is 17.7. The molecular weight excluding hydrogens is 366 g/mol. The number of hydrogen-bond acceptors (Lipinski definition) is 5. The molecule has 2 fully saturated rings. The second kappa shape index (κ2) is 8.05. The molecule has 1 aromatic carbocycles. The van der Waals surface area contributed by atoms with Crippen LogP contribution in [0.4, 0.5) is 10.5 Å². The van der Waals surface area contributed by atoms with Crippen molar-refractivity contribution in [1.29, 1.82) is 0 Å². The number of nitrogens with zero attached hydrogens (tertiary/aromatic N) is 5. The number of rotatable bonds is 7. The summed E-state index contributed by atoms with van der Waals surface area (Å²) in [5.41, 5.74) is 2.28. The molecule has 7 heteroatoms. The van der Waals surface area contributed by atoms with Gasteiger partial charge >= 0.3 is 6.03 Å². The number of aryl methyl sites for hydroxylation is 1. The lowest BCUT2D eigenvalue weighted by molar-refractivity contribution is -0.137. The van der Waals surface area contributed by atoms with Gasteiger partial charge in [-0.3, -0.25) is 9.69 Å². The molecule has 2 saturated heterocycles. The van der Waals surface area contributed by atoms with Crippen molar-refractivity contribution in [2.45, 2.75) is 58.2 Å². The van der Waals surface area contributed by atoms with E-state index in [1.54, 1.807) is 11.9 Å². The van der Waals surface area contributed by atoms with E-state index in [1.165, 1.54) is 23.3 Å². The molecule has 0 N–H and O–H groups in total. The second-order valence-corrected chi connectivity index (χ2v) is 8.27. The van der Waals surface area contributed by atoms with E-state index in [2.05, 4.69) is 47.9 Å². The number of carbonyl (C=O) groups excluding carboxylic acids is 2. The van der Waals surface area contributed by atoms with E-state index in [0.29, 0.717) is 6.54 Å². The van der Waals surface area contributed by atoms with Crippen LogP contribution in [0.3, 0.4) is 0 Å². The molecule has 2 atom stereocenters. The van der Waals surface area contributed by atoms with Crippen LogP contribution >= 0.6 is 0 Å². The highest BCUT2D eigenvalue weighted by Gasteiger charge is 2.54. The summed E-state index contributed by atoms with van der Waals surface area (Å²) in [6.07, 6.45) is 5.02. The van der Waals surface area contributed by atoms with Crippen molar-refractivity contribution < 1.29 is 9.59 Å². The Bertz CT molecular complexity index is 806. The first-order valence-electron chi connectivity index (χ1n) is 10.8. The molecule has 0 spiro atoms. The van der Waals surface area contributed by atoms with E-state index in [1.807, 2.05) is 0 Å².